The maximum atomic E-state index is 12.8. The topological polar surface area (TPSA) is 88.7 Å². The van der Waals surface area contributed by atoms with Crippen LogP contribution in [0.2, 0.25) is 0 Å². The van der Waals surface area contributed by atoms with Crippen molar-refractivity contribution in [3.05, 3.63) is 71.3 Å². The molecule has 2 aromatic carbocycles. The van der Waals surface area contributed by atoms with Crippen LogP contribution in [0.5, 0.6) is 0 Å². The van der Waals surface area contributed by atoms with E-state index in [4.69, 9.17) is 16.6 Å². The zero-order chi connectivity index (χ0) is 22.2. The van der Waals surface area contributed by atoms with Crippen LogP contribution >= 0.6 is 23.6 Å². The number of aryl methyl sites for hydroxylation is 1. The van der Waals surface area contributed by atoms with Crippen LogP contribution in [-0.4, -0.2) is 25.7 Å². The summed E-state index contributed by atoms with van der Waals surface area (Å²) >= 11 is 6.66. The van der Waals surface area contributed by atoms with Crippen LogP contribution in [0.4, 0.5) is 5.13 Å². The van der Waals surface area contributed by atoms with E-state index in [9.17, 15) is 4.79 Å². The van der Waals surface area contributed by atoms with E-state index in [1.165, 1.54) is 11.3 Å². The summed E-state index contributed by atoms with van der Waals surface area (Å²) < 4.78 is 8.06. The van der Waals surface area contributed by atoms with Gasteiger partial charge in [0.2, 0.25) is 5.91 Å². The van der Waals surface area contributed by atoms with Gasteiger partial charge in [-0.3, -0.25) is 14.5 Å². The van der Waals surface area contributed by atoms with Crippen LogP contribution in [-0.2, 0) is 17.8 Å². The number of benzene rings is 2. The Hall–Kier alpha value is -3.56. The van der Waals surface area contributed by atoms with Crippen molar-refractivity contribution in [2.75, 3.05) is 5.32 Å². The minimum atomic E-state index is -0.161. The second-order valence-electron chi connectivity index (χ2n) is 7.33. The molecule has 2 N–H and O–H groups in total. The van der Waals surface area contributed by atoms with Crippen molar-refractivity contribution in [1.82, 2.24) is 19.7 Å². The van der Waals surface area contributed by atoms with Crippen molar-refractivity contribution in [2.45, 2.75) is 19.9 Å². The lowest BCUT2D eigenvalue weighted by molar-refractivity contribution is -0.115. The van der Waals surface area contributed by atoms with Crippen LogP contribution in [0.15, 0.2) is 59.7 Å². The Morgan fingerprint density at radius 3 is 3.03 bits per heavy atom. The average Bonchev–Trinajstić information content (AvgIpc) is 3.46. The van der Waals surface area contributed by atoms with Gasteiger partial charge >= 0.3 is 0 Å². The lowest BCUT2D eigenvalue weighted by atomic mass is 10.0. The third-order valence-electron chi connectivity index (χ3n) is 5.21. The number of fused-ring (bicyclic) bond motifs is 3. The van der Waals surface area contributed by atoms with E-state index in [2.05, 4.69) is 27.1 Å². The van der Waals surface area contributed by atoms with Crippen molar-refractivity contribution < 1.29 is 9.21 Å². The minimum Gasteiger partial charge on any atom is -0.464 e. The number of carbonyl (C=O) groups is 1. The number of aromatic amines is 1. The molecule has 7 nitrogen and oxygen atoms in total. The van der Waals surface area contributed by atoms with Crippen molar-refractivity contribution in [3.8, 4) is 10.7 Å². The third kappa shape index (κ3) is 3.55. The zero-order valence-corrected chi connectivity index (χ0v) is 18.8. The highest BCUT2D eigenvalue weighted by molar-refractivity contribution is 7.71. The highest BCUT2D eigenvalue weighted by atomic mass is 32.1. The van der Waals surface area contributed by atoms with E-state index in [0.29, 0.717) is 22.3 Å². The molecule has 0 aliphatic carbocycles. The molecule has 3 heterocycles. The number of H-pyrrole nitrogens is 1. The highest BCUT2D eigenvalue weighted by Gasteiger charge is 2.18. The molecule has 0 atom stereocenters. The van der Waals surface area contributed by atoms with E-state index in [-0.39, 0.29) is 12.3 Å². The SMILES string of the molecule is C=CCn1c(-c2sc(NC(=O)Cc3coc4ccc5ccccc5c34)nc2C)n[nH]c1=S. The minimum absolute atomic E-state index is 0.161. The molecule has 160 valence electrons. The second-order valence-corrected chi connectivity index (χ2v) is 8.72. The molecule has 0 radical (unpaired) electrons. The highest BCUT2D eigenvalue weighted by Crippen LogP contribution is 2.33. The summed E-state index contributed by atoms with van der Waals surface area (Å²) in [6, 6.07) is 12.0. The molecule has 0 bridgehead atoms. The van der Waals surface area contributed by atoms with Gasteiger partial charge in [0, 0.05) is 17.5 Å². The molecule has 0 aliphatic heterocycles. The first kappa shape index (κ1) is 20.3. The summed E-state index contributed by atoms with van der Waals surface area (Å²) in [5.41, 5.74) is 2.38. The van der Waals surface area contributed by atoms with Gasteiger partial charge in [-0.15, -0.1) is 6.58 Å². The van der Waals surface area contributed by atoms with Crippen LogP contribution in [0.3, 0.4) is 0 Å². The van der Waals surface area contributed by atoms with Crippen LogP contribution in [0, 0.1) is 11.7 Å². The van der Waals surface area contributed by atoms with Crippen molar-refractivity contribution >= 4 is 56.3 Å². The molecule has 0 spiro atoms. The number of hydrogen-bond acceptors (Lipinski definition) is 6. The van der Waals surface area contributed by atoms with Gasteiger partial charge in [-0.2, -0.15) is 5.10 Å². The molecule has 5 rings (SSSR count). The maximum absolute atomic E-state index is 12.8. The zero-order valence-electron chi connectivity index (χ0n) is 17.2. The Morgan fingerprint density at radius 1 is 1.34 bits per heavy atom. The maximum Gasteiger partial charge on any atom is 0.230 e. The molecule has 5 aromatic rings. The second kappa shape index (κ2) is 8.18. The van der Waals surface area contributed by atoms with Gasteiger partial charge in [0.1, 0.15) is 5.58 Å². The number of rotatable bonds is 6. The number of aromatic nitrogens is 4. The number of hydrogen-bond donors (Lipinski definition) is 2. The van der Waals surface area contributed by atoms with Gasteiger partial charge in [-0.25, -0.2) is 4.98 Å². The Bertz CT molecular complexity index is 1540. The van der Waals surface area contributed by atoms with E-state index in [1.807, 2.05) is 47.9 Å². The molecule has 9 heteroatoms. The van der Waals surface area contributed by atoms with E-state index in [0.717, 1.165) is 37.9 Å². The van der Waals surface area contributed by atoms with E-state index >= 15 is 0 Å². The fourth-order valence-corrected chi connectivity index (χ4v) is 4.98. The van der Waals surface area contributed by atoms with Gasteiger partial charge < -0.3 is 9.73 Å². The third-order valence-corrected chi connectivity index (χ3v) is 6.59. The molecule has 0 saturated heterocycles. The molecular weight excluding hydrogens is 442 g/mol. The van der Waals surface area contributed by atoms with Crippen molar-refractivity contribution in [2.24, 2.45) is 0 Å². The summed E-state index contributed by atoms with van der Waals surface area (Å²) in [6.45, 7) is 6.18. The lowest BCUT2D eigenvalue weighted by Crippen LogP contribution is -2.14. The summed E-state index contributed by atoms with van der Waals surface area (Å²) in [5, 5.41) is 13.7. The van der Waals surface area contributed by atoms with Crippen LogP contribution < -0.4 is 5.32 Å². The first-order chi connectivity index (χ1) is 15.5. The molecule has 0 saturated carbocycles. The summed E-state index contributed by atoms with van der Waals surface area (Å²) in [4.78, 5) is 18.2. The van der Waals surface area contributed by atoms with Crippen molar-refractivity contribution in [3.63, 3.8) is 0 Å². The number of amides is 1. The van der Waals surface area contributed by atoms with E-state index < -0.39 is 0 Å². The van der Waals surface area contributed by atoms with Gasteiger partial charge in [0.15, 0.2) is 15.7 Å². The molecule has 0 unspecified atom stereocenters. The van der Waals surface area contributed by atoms with Crippen molar-refractivity contribution in [1.29, 1.82) is 0 Å². The Balaban J connectivity index is 1.41. The fraction of sp³-hybridized carbons (Fsp3) is 0.130. The summed E-state index contributed by atoms with van der Waals surface area (Å²) in [7, 11) is 0. The largest absolute Gasteiger partial charge is 0.464 e. The van der Waals surface area contributed by atoms with Gasteiger partial charge in [0.05, 0.1) is 23.3 Å². The smallest absolute Gasteiger partial charge is 0.230 e. The molecule has 3 aromatic heterocycles. The first-order valence-electron chi connectivity index (χ1n) is 9.96. The van der Waals surface area contributed by atoms with Gasteiger partial charge in [-0.1, -0.05) is 47.7 Å². The summed E-state index contributed by atoms with van der Waals surface area (Å²) in [6.07, 6.45) is 3.60. The number of nitrogens with one attached hydrogen (secondary N) is 2. The standard InChI is InChI=1S/C23H19N5O2S2/c1-3-10-28-21(26-27-23(28)31)20-13(2)24-22(32-20)25-18(29)11-15-12-30-17-9-8-14-6-4-5-7-16(14)19(15)17/h3-9,12H,1,10-11H2,2H3,(H,27,31)(H,24,25,29). The number of nitrogens with zero attached hydrogens (tertiary/aromatic N) is 3. The first-order valence-corrected chi connectivity index (χ1v) is 11.2. The Morgan fingerprint density at radius 2 is 2.19 bits per heavy atom. The number of carbonyl (C=O) groups excluding carboxylic acids is 1. The Kier molecular flexibility index (Phi) is 5.20. The van der Waals surface area contributed by atoms with Gasteiger partial charge in [-0.05, 0) is 36.0 Å². The molecule has 32 heavy (non-hydrogen) atoms. The number of anilines is 1. The normalized spacial score (nSPS) is 11.3. The summed E-state index contributed by atoms with van der Waals surface area (Å²) in [5.74, 6) is 0.517. The van der Waals surface area contributed by atoms with Crippen LogP contribution in [0.25, 0.3) is 32.4 Å². The van der Waals surface area contributed by atoms with Crippen LogP contribution in [0.1, 0.15) is 11.3 Å². The monoisotopic (exact) mass is 461 g/mol. The number of allylic oxidation sites excluding steroid dienone is 1. The fourth-order valence-electron chi connectivity index (χ4n) is 3.79. The quantitative estimate of drug-likeness (QED) is 0.252. The molecule has 0 fully saturated rings. The number of furan rings is 1. The lowest BCUT2D eigenvalue weighted by Gasteiger charge is -2.03. The van der Waals surface area contributed by atoms with E-state index in [1.54, 1.807) is 12.3 Å². The van der Waals surface area contributed by atoms with Gasteiger partial charge in [0.25, 0.3) is 0 Å². The Labute approximate surface area is 192 Å². The predicted molar refractivity (Wildman–Crippen MR) is 130 cm³/mol. The number of thiazole rings is 1. The molecular formula is C23H19N5O2S2. The predicted octanol–water partition coefficient (Wildman–Crippen LogP) is 5.64. The average molecular weight is 462 g/mol. The molecule has 1 amide bonds. The molecule has 0 aliphatic rings.